The Balaban J connectivity index is 1.38. The van der Waals surface area contributed by atoms with Crippen molar-refractivity contribution in [2.75, 3.05) is 11.4 Å². The smallest absolute Gasteiger partial charge is 0.417 e. The first kappa shape index (κ1) is 21.4. The predicted molar refractivity (Wildman–Crippen MR) is 112 cm³/mol. The van der Waals surface area contributed by atoms with Crippen molar-refractivity contribution >= 4 is 17.4 Å². The number of hydrogen-bond acceptors (Lipinski definition) is 5. The van der Waals surface area contributed by atoms with Gasteiger partial charge in [-0.15, -0.1) is 0 Å². The average molecular weight is 449 g/mol. The Bertz CT molecular complexity index is 1040. The molecule has 162 valence electrons. The van der Waals surface area contributed by atoms with Crippen LogP contribution < -0.4 is 9.64 Å². The summed E-state index contributed by atoms with van der Waals surface area (Å²) in [6.45, 7) is 2.63. The molecule has 2 aromatic heterocycles. The zero-order chi connectivity index (χ0) is 22.0. The number of aromatic nitrogens is 3. The lowest BCUT2D eigenvalue weighted by Crippen LogP contribution is -2.29. The van der Waals surface area contributed by atoms with Gasteiger partial charge in [-0.05, 0) is 49.9 Å². The second-order valence-corrected chi connectivity index (χ2v) is 7.78. The third-order valence-corrected chi connectivity index (χ3v) is 5.50. The minimum Gasteiger partial charge on any atom is -0.439 e. The van der Waals surface area contributed by atoms with Crippen LogP contribution in [-0.4, -0.2) is 27.5 Å². The first-order valence-corrected chi connectivity index (χ1v) is 10.2. The third kappa shape index (κ3) is 5.25. The van der Waals surface area contributed by atoms with Crippen molar-refractivity contribution in [3.63, 3.8) is 0 Å². The second-order valence-electron chi connectivity index (χ2n) is 7.40. The highest BCUT2D eigenvalue weighted by atomic mass is 35.5. The van der Waals surface area contributed by atoms with E-state index in [1.165, 1.54) is 12.4 Å². The molecule has 1 aliphatic rings. The standard InChI is InChI=1S/C22H20ClF3N4O/c1-14-20(23)21(29-13-28-14)30(17-5-6-17)11-10-15-2-7-18(8-3-15)31-19-9-4-16(12-27-19)22(24,25)26/h2-4,7-9,12-13,17H,5-6,10-11H2,1H3. The van der Waals surface area contributed by atoms with E-state index in [0.717, 1.165) is 55.1 Å². The number of halogens is 4. The number of alkyl halides is 3. The van der Waals surface area contributed by atoms with Crippen molar-refractivity contribution in [1.29, 1.82) is 0 Å². The molecular weight excluding hydrogens is 429 g/mol. The van der Waals surface area contributed by atoms with Gasteiger partial charge < -0.3 is 9.64 Å². The zero-order valence-corrected chi connectivity index (χ0v) is 17.5. The molecule has 9 heteroatoms. The van der Waals surface area contributed by atoms with Crippen molar-refractivity contribution < 1.29 is 17.9 Å². The summed E-state index contributed by atoms with van der Waals surface area (Å²) < 4.78 is 43.4. The molecule has 1 saturated carbocycles. The van der Waals surface area contributed by atoms with Gasteiger partial charge in [-0.3, -0.25) is 0 Å². The number of rotatable bonds is 7. The number of benzene rings is 1. The van der Waals surface area contributed by atoms with Crippen molar-refractivity contribution in [3.8, 4) is 11.6 Å². The van der Waals surface area contributed by atoms with Gasteiger partial charge in [0.1, 0.15) is 17.1 Å². The maximum Gasteiger partial charge on any atom is 0.417 e. The zero-order valence-electron chi connectivity index (χ0n) is 16.7. The summed E-state index contributed by atoms with van der Waals surface area (Å²) in [6.07, 6.45) is 0.896. The topological polar surface area (TPSA) is 51.1 Å². The van der Waals surface area contributed by atoms with E-state index in [1.54, 1.807) is 12.1 Å². The van der Waals surface area contributed by atoms with Gasteiger partial charge in [0.15, 0.2) is 5.82 Å². The first-order valence-electron chi connectivity index (χ1n) is 9.85. The van der Waals surface area contributed by atoms with E-state index in [0.29, 0.717) is 16.8 Å². The molecule has 31 heavy (non-hydrogen) atoms. The molecule has 1 aromatic carbocycles. The lowest BCUT2D eigenvalue weighted by molar-refractivity contribution is -0.137. The summed E-state index contributed by atoms with van der Waals surface area (Å²) in [5.74, 6) is 1.38. The summed E-state index contributed by atoms with van der Waals surface area (Å²) in [4.78, 5) is 14.5. The molecule has 2 heterocycles. The maximum absolute atomic E-state index is 12.6. The molecule has 1 aliphatic carbocycles. The molecule has 1 fully saturated rings. The summed E-state index contributed by atoms with van der Waals surface area (Å²) in [5.41, 5.74) is 1.05. The lowest BCUT2D eigenvalue weighted by Gasteiger charge is -2.24. The Morgan fingerprint density at radius 1 is 1.06 bits per heavy atom. The number of pyridine rings is 1. The molecule has 0 amide bonds. The summed E-state index contributed by atoms with van der Waals surface area (Å²) in [5, 5.41) is 0.585. The molecule has 0 N–H and O–H groups in total. The highest BCUT2D eigenvalue weighted by Crippen LogP contribution is 2.35. The lowest BCUT2D eigenvalue weighted by atomic mass is 10.1. The van der Waals surface area contributed by atoms with Crippen LogP contribution in [0.4, 0.5) is 19.0 Å². The van der Waals surface area contributed by atoms with Crippen LogP contribution in [0.3, 0.4) is 0 Å². The number of ether oxygens (including phenoxy) is 1. The SMILES string of the molecule is Cc1ncnc(N(CCc2ccc(Oc3ccc(C(F)(F)F)cn3)cc2)C2CC2)c1Cl. The molecule has 0 spiro atoms. The fourth-order valence-electron chi connectivity index (χ4n) is 3.20. The van der Waals surface area contributed by atoms with Crippen molar-refractivity contribution in [3.05, 3.63) is 70.8 Å². The number of aryl methyl sites for hydroxylation is 1. The normalized spacial score (nSPS) is 13.8. The Kier molecular flexibility index (Phi) is 6.00. The Morgan fingerprint density at radius 3 is 2.42 bits per heavy atom. The van der Waals surface area contributed by atoms with Crippen LogP contribution in [0.15, 0.2) is 48.9 Å². The molecule has 0 saturated heterocycles. The van der Waals surface area contributed by atoms with E-state index < -0.39 is 11.7 Å². The fourth-order valence-corrected chi connectivity index (χ4v) is 3.40. The Hall–Kier alpha value is -2.87. The monoisotopic (exact) mass is 448 g/mol. The molecule has 5 nitrogen and oxygen atoms in total. The highest BCUT2D eigenvalue weighted by Gasteiger charge is 2.32. The Morgan fingerprint density at radius 2 is 1.81 bits per heavy atom. The van der Waals surface area contributed by atoms with Gasteiger partial charge in [0.2, 0.25) is 5.88 Å². The minimum absolute atomic E-state index is 0.106. The van der Waals surface area contributed by atoms with Crippen LogP contribution in [0.2, 0.25) is 5.02 Å². The summed E-state index contributed by atoms with van der Waals surface area (Å²) in [7, 11) is 0. The van der Waals surface area contributed by atoms with Crippen LogP contribution in [0.1, 0.15) is 29.7 Å². The van der Waals surface area contributed by atoms with E-state index in [2.05, 4.69) is 19.9 Å². The molecule has 4 rings (SSSR count). The van der Waals surface area contributed by atoms with Gasteiger partial charge in [0.25, 0.3) is 0 Å². The quantitative estimate of drug-likeness (QED) is 0.453. The molecule has 0 atom stereocenters. The second kappa shape index (κ2) is 8.70. The van der Waals surface area contributed by atoms with E-state index in [1.807, 2.05) is 19.1 Å². The van der Waals surface area contributed by atoms with E-state index in [9.17, 15) is 13.2 Å². The molecule has 3 aromatic rings. The van der Waals surface area contributed by atoms with Crippen molar-refractivity contribution in [2.45, 2.75) is 38.4 Å². The van der Waals surface area contributed by atoms with Crippen LogP contribution in [0.25, 0.3) is 0 Å². The third-order valence-electron chi connectivity index (χ3n) is 5.06. The van der Waals surface area contributed by atoms with Crippen LogP contribution in [0, 0.1) is 6.92 Å². The van der Waals surface area contributed by atoms with Crippen LogP contribution >= 0.6 is 11.6 Å². The first-order chi connectivity index (χ1) is 14.8. The van der Waals surface area contributed by atoms with Gasteiger partial charge in [-0.2, -0.15) is 13.2 Å². The molecular formula is C22H20ClF3N4O. The van der Waals surface area contributed by atoms with Gasteiger partial charge in [-0.25, -0.2) is 15.0 Å². The fraction of sp³-hybridized carbons (Fsp3) is 0.318. The molecule has 0 radical (unpaired) electrons. The highest BCUT2D eigenvalue weighted by molar-refractivity contribution is 6.33. The molecule has 0 aliphatic heterocycles. The minimum atomic E-state index is -4.42. The molecule has 0 unspecified atom stereocenters. The van der Waals surface area contributed by atoms with Crippen molar-refractivity contribution in [1.82, 2.24) is 15.0 Å². The summed E-state index contributed by atoms with van der Waals surface area (Å²) >= 11 is 6.42. The van der Waals surface area contributed by atoms with Crippen LogP contribution in [-0.2, 0) is 12.6 Å². The Labute approximate surface area is 182 Å². The van der Waals surface area contributed by atoms with E-state index >= 15 is 0 Å². The van der Waals surface area contributed by atoms with Crippen molar-refractivity contribution in [2.24, 2.45) is 0 Å². The van der Waals surface area contributed by atoms with Gasteiger partial charge in [0, 0.05) is 24.8 Å². The number of hydrogen-bond donors (Lipinski definition) is 0. The summed E-state index contributed by atoms with van der Waals surface area (Å²) in [6, 6.07) is 10.0. The van der Waals surface area contributed by atoms with Crippen LogP contribution in [0.5, 0.6) is 11.6 Å². The number of nitrogens with zero attached hydrogens (tertiary/aromatic N) is 4. The molecule has 0 bridgehead atoms. The maximum atomic E-state index is 12.6. The predicted octanol–water partition coefficient (Wildman–Crippen LogP) is 5.86. The van der Waals surface area contributed by atoms with Gasteiger partial charge in [-0.1, -0.05) is 23.7 Å². The average Bonchev–Trinajstić information content (AvgIpc) is 3.57. The van der Waals surface area contributed by atoms with E-state index in [4.69, 9.17) is 16.3 Å². The number of anilines is 1. The van der Waals surface area contributed by atoms with Gasteiger partial charge >= 0.3 is 6.18 Å². The van der Waals surface area contributed by atoms with Gasteiger partial charge in [0.05, 0.1) is 11.3 Å². The van der Waals surface area contributed by atoms with E-state index in [-0.39, 0.29) is 5.88 Å². The largest absolute Gasteiger partial charge is 0.439 e.